The van der Waals surface area contributed by atoms with E-state index in [1.165, 1.54) is 72.0 Å². The number of hydrogen-bond donors (Lipinski definition) is 2. The Balaban J connectivity index is 0.000000185. The third kappa shape index (κ3) is 8.30. The van der Waals surface area contributed by atoms with E-state index >= 15 is 0 Å². The molecule has 0 amide bonds. The number of halogens is 2. The molecule has 15 nitrogen and oxygen atoms in total. The fourth-order valence-electron chi connectivity index (χ4n) is 5.10. The molecule has 18 heteroatoms. The van der Waals surface area contributed by atoms with Crippen LogP contribution in [0.15, 0.2) is 94.0 Å². The van der Waals surface area contributed by atoms with E-state index in [0.717, 1.165) is 23.3 Å². The van der Waals surface area contributed by atoms with E-state index in [4.69, 9.17) is 13.8 Å². The van der Waals surface area contributed by atoms with Crippen molar-refractivity contribution >= 4 is 40.1 Å². The molecule has 0 unspecified atom stereocenters. The van der Waals surface area contributed by atoms with E-state index in [-0.39, 0.29) is 28.2 Å². The first kappa shape index (κ1) is 36.5. The van der Waals surface area contributed by atoms with Crippen LogP contribution in [0.25, 0.3) is 22.1 Å². The van der Waals surface area contributed by atoms with Gasteiger partial charge in [0.05, 0.1) is 24.9 Å². The number of nitrogens with zero attached hydrogens (tertiary/aromatic N) is 7. The summed E-state index contributed by atoms with van der Waals surface area (Å²) in [7, 11) is 6.40. The highest BCUT2D eigenvalue weighted by molar-refractivity contribution is 7.94. The number of aryl methyl sites for hydroxylation is 4. The topological polar surface area (TPSA) is 164 Å². The molecule has 0 aliphatic rings. The number of para-hydroxylation sites is 2. The number of rotatable bonds is 10. The Hall–Kier alpha value is -6.24. The van der Waals surface area contributed by atoms with Crippen molar-refractivity contribution in [3.8, 4) is 23.0 Å². The highest BCUT2D eigenvalue weighted by atomic mass is 32.2. The van der Waals surface area contributed by atoms with E-state index in [0.29, 0.717) is 34.6 Å². The van der Waals surface area contributed by atoms with Gasteiger partial charge in [0.15, 0.2) is 47.9 Å². The summed E-state index contributed by atoms with van der Waals surface area (Å²) in [5, 5.41) is 7.78. The molecule has 0 saturated carbocycles. The Labute approximate surface area is 303 Å². The first-order valence-corrected chi connectivity index (χ1v) is 16.5. The zero-order valence-electron chi connectivity index (χ0n) is 29.0. The Morgan fingerprint density at radius 1 is 0.830 bits per heavy atom. The number of hydrogen-bond acceptors (Lipinski definition) is 12. The smallest absolute Gasteiger partial charge is 0.294 e. The van der Waals surface area contributed by atoms with Crippen LogP contribution in [0.5, 0.6) is 23.0 Å². The minimum atomic E-state index is -0.556. The summed E-state index contributed by atoms with van der Waals surface area (Å²) >= 11 is 0.818. The predicted molar refractivity (Wildman–Crippen MR) is 190 cm³/mol. The molecule has 272 valence electrons. The molecule has 2 N–H and O–H groups in total. The molecule has 7 aromatic rings. The highest BCUT2D eigenvalue weighted by Gasteiger charge is 2.16. The van der Waals surface area contributed by atoms with Crippen LogP contribution in [-0.2, 0) is 36.9 Å². The van der Waals surface area contributed by atoms with Gasteiger partial charge < -0.3 is 14.8 Å². The zero-order valence-corrected chi connectivity index (χ0v) is 29.8. The predicted octanol–water partition coefficient (Wildman–Crippen LogP) is 5.18. The average molecular weight is 745 g/mol. The maximum absolute atomic E-state index is 13.9. The van der Waals surface area contributed by atoms with Gasteiger partial charge in [0, 0.05) is 37.3 Å². The van der Waals surface area contributed by atoms with Gasteiger partial charge in [-0.05, 0) is 43.3 Å². The van der Waals surface area contributed by atoms with Crippen LogP contribution in [0.4, 0.5) is 14.7 Å². The number of anilines is 1. The largest absolute Gasteiger partial charge is 0.448 e. The summed E-state index contributed by atoms with van der Waals surface area (Å²) in [5.41, 5.74) is 2.09. The maximum Gasteiger partial charge on any atom is 0.294 e. The molecule has 7 rings (SSSR count). The van der Waals surface area contributed by atoms with Crippen molar-refractivity contribution in [1.29, 1.82) is 0 Å². The SMILES string of the molecule is COOSc1ncc2cc(Oc3ccccc3F)c(=O)n(C)c2n1.Cc1[nH][n+](C)cc1CNc1ncc2cc(Oc3ccccc3F)c(=O)n(C)c2n1. The number of fused-ring (bicyclic) bond motifs is 2. The van der Waals surface area contributed by atoms with Crippen molar-refractivity contribution in [2.75, 3.05) is 12.4 Å². The van der Waals surface area contributed by atoms with Crippen LogP contribution in [-0.4, -0.2) is 41.3 Å². The molecule has 0 aliphatic heterocycles. The van der Waals surface area contributed by atoms with Crippen molar-refractivity contribution < 1.29 is 32.2 Å². The molecule has 0 bridgehead atoms. The minimum absolute atomic E-state index is 0.00450. The maximum atomic E-state index is 13.9. The summed E-state index contributed by atoms with van der Waals surface area (Å²) in [6.07, 6.45) is 5.09. The van der Waals surface area contributed by atoms with Gasteiger partial charge in [0.25, 0.3) is 11.1 Å². The van der Waals surface area contributed by atoms with Crippen molar-refractivity contribution in [3.05, 3.63) is 123 Å². The molecule has 53 heavy (non-hydrogen) atoms. The second kappa shape index (κ2) is 16.0. The Morgan fingerprint density at radius 3 is 1.91 bits per heavy atom. The van der Waals surface area contributed by atoms with Gasteiger partial charge in [-0.15, -0.1) is 4.68 Å². The summed E-state index contributed by atoms with van der Waals surface area (Å²) in [6.45, 7) is 2.52. The molecule has 0 saturated heterocycles. The first-order valence-electron chi connectivity index (χ1n) is 15.8. The second-order valence-electron chi connectivity index (χ2n) is 11.4. The molecule has 5 aromatic heterocycles. The number of ether oxygens (including phenoxy) is 2. The van der Waals surface area contributed by atoms with Gasteiger partial charge in [-0.3, -0.25) is 18.7 Å². The summed E-state index contributed by atoms with van der Waals surface area (Å²) in [6, 6.07) is 14.8. The number of H-pyrrole nitrogens is 1. The number of pyridine rings is 2. The molecular formula is C35H32F2N9O6S+. The summed E-state index contributed by atoms with van der Waals surface area (Å²) in [5.74, 6) is -0.761. The number of nitrogens with one attached hydrogen (secondary N) is 2. The molecule has 0 atom stereocenters. The summed E-state index contributed by atoms with van der Waals surface area (Å²) in [4.78, 5) is 46.6. The molecule has 0 aliphatic carbocycles. The number of benzene rings is 2. The summed E-state index contributed by atoms with van der Waals surface area (Å²) < 4.78 is 47.7. The highest BCUT2D eigenvalue weighted by Crippen LogP contribution is 2.26. The van der Waals surface area contributed by atoms with E-state index in [1.807, 2.05) is 24.9 Å². The van der Waals surface area contributed by atoms with Crippen LogP contribution >= 0.6 is 12.0 Å². The monoisotopic (exact) mass is 744 g/mol. The van der Waals surface area contributed by atoms with Crippen molar-refractivity contribution in [2.45, 2.75) is 18.6 Å². The number of aromatic amines is 1. The third-order valence-electron chi connectivity index (χ3n) is 7.71. The van der Waals surface area contributed by atoms with Gasteiger partial charge in [-0.2, -0.15) is 14.4 Å². The zero-order chi connectivity index (χ0) is 37.6. The van der Waals surface area contributed by atoms with Crippen LogP contribution in [0.3, 0.4) is 0 Å². The van der Waals surface area contributed by atoms with Crippen LogP contribution in [0.1, 0.15) is 11.3 Å². The van der Waals surface area contributed by atoms with Crippen LogP contribution in [0.2, 0.25) is 0 Å². The molecular weight excluding hydrogens is 713 g/mol. The lowest BCUT2D eigenvalue weighted by Gasteiger charge is -2.11. The van der Waals surface area contributed by atoms with Gasteiger partial charge >= 0.3 is 0 Å². The van der Waals surface area contributed by atoms with Crippen LogP contribution < -0.4 is 30.6 Å². The quantitative estimate of drug-likeness (QED) is 0.0621. The molecule has 2 aromatic carbocycles. The fraction of sp³-hybridized carbons (Fsp3) is 0.171. The Bertz CT molecular complexity index is 2560. The van der Waals surface area contributed by atoms with E-state index in [2.05, 4.69) is 35.2 Å². The molecule has 5 heterocycles. The molecule has 0 fully saturated rings. The van der Waals surface area contributed by atoms with E-state index in [1.54, 1.807) is 31.4 Å². The standard InChI is InChI=1S/C20H19FN6O2.C15H12FN3O4S/c1-12-14(11-26(2)25-12)10-23-20-22-9-13-8-17(19(28)27(3)18(13)24-20)29-16-7-5-4-6-15(16)21;1-19-13-9(8-17-15(18-13)24-23-21-2)7-12(14(19)20)22-11-6-4-3-5-10(11)16/h4-9,11H,10H2,1-3H3,(H,22,23,24,28);3-8H,1-2H3/p+1. The van der Waals surface area contributed by atoms with Crippen LogP contribution in [0, 0.1) is 18.6 Å². The van der Waals surface area contributed by atoms with Crippen molar-refractivity contribution in [1.82, 2.24) is 34.2 Å². The van der Waals surface area contributed by atoms with E-state index < -0.39 is 22.8 Å². The van der Waals surface area contributed by atoms with Gasteiger partial charge in [0.1, 0.15) is 23.3 Å². The third-order valence-corrected chi connectivity index (χ3v) is 8.26. The fourth-order valence-corrected chi connectivity index (χ4v) is 5.45. The van der Waals surface area contributed by atoms with Crippen molar-refractivity contribution in [3.63, 3.8) is 0 Å². The molecule has 0 spiro atoms. The van der Waals surface area contributed by atoms with Gasteiger partial charge in [0.2, 0.25) is 11.1 Å². The Morgan fingerprint density at radius 2 is 1.38 bits per heavy atom. The Kier molecular flexibility index (Phi) is 11.0. The first-order chi connectivity index (χ1) is 25.5. The lowest BCUT2D eigenvalue weighted by molar-refractivity contribution is -0.727. The number of aromatic nitrogens is 8. The normalized spacial score (nSPS) is 11.0. The van der Waals surface area contributed by atoms with Gasteiger partial charge in [-0.1, -0.05) is 24.3 Å². The van der Waals surface area contributed by atoms with Crippen molar-refractivity contribution in [2.24, 2.45) is 21.1 Å². The lowest BCUT2D eigenvalue weighted by Crippen LogP contribution is -2.28. The minimum Gasteiger partial charge on any atom is -0.448 e. The van der Waals surface area contributed by atoms with Gasteiger partial charge in [-0.25, -0.2) is 28.6 Å². The average Bonchev–Trinajstić information content (AvgIpc) is 3.49. The van der Waals surface area contributed by atoms with E-state index in [9.17, 15) is 18.4 Å². The lowest BCUT2D eigenvalue weighted by atomic mass is 10.2. The molecule has 0 radical (unpaired) electrons. The second-order valence-corrected chi connectivity index (χ2v) is 12.1.